The largest absolute Gasteiger partial charge is 0.383 e. The number of aromatic amines is 1. The highest BCUT2D eigenvalue weighted by Crippen LogP contribution is 2.40. The monoisotopic (exact) mass is 444 g/mol. The van der Waals surface area contributed by atoms with Crippen molar-refractivity contribution in [3.05, 3.63) is 48.0 Å². The van der Waals surface area contributed by atoms with E-state index in [1.54, 1.807) is 6.20 Å². The van der Waals surface area contributed by atoms with Gasteiger partial charge in [-0.1, -0.05) is 6.07 Å². The van der Waals surface area contributed by atoms with Gasteiger partial charge < -0.3 is 19.9 Å². The molecule has 1 aromatic carbocycles. The maximum Gasteiger partial charge on any atom is 0.227 e. The average Bonchev–Trinajstić information content (AvgIpc) is 3.42. The molecule has 4 aromatic rings. The summed E-state index contributed by atoms with van der Waals surface area (Å²) in [5.74, 6) is 1.62. The number of nitrogen functional groups attached to an aromatic ring is 1. The van der Waals surface area contributed by atoms with E-state index in [2.05, 4.69) is 54.0 Å². The molecule has 2 aliphatic rings. The Kier molecular flexibility index (Phi) is 4.98. The van der Waals surface area contributed by atoms with E-state index < -0.39 is 0 Å². The van der Waals surface area contributed by atoms with Crippen molar-refractivity contribution in [2.45, 2.75) is 50.8 Å². The smallest absolute Gasteiger partial charge is 0.227 e. The number of fused-ring (bicyclic) bond motifs is 1. The molecule has 33 heavy (non-hydrogen) atoms. The Hall–Kier alpha value is -3.46. The van der Waals surface area contributed by atoms with Crippen LogP contribution in [0.4, 0.5) is 11.8 Å². The fourth-order valence-corrected chi connectivity index (χ4v) is 4.54. The zero-order valence-corrected chi connectivity index (χ0v) is 18.7. The van der Waals surface area contributed by atoms with Crippen LogP contribution in [0.1, 0.15) is 55.5 Å². The second-order valence-corrected chi connectivity index (χ2v) is 9.10. The van der Waals surface area contributed by atoms with E-state index in [-0.39, 0.29) is 6.23 Å². The highest BCUT2D eigenvalue weighted by molar-refractivity contribution is 5.76. The molecule has 2 fully saturated rings. The summed E-state index contributed by atoms with van der Waals surface area (Å²) in [4.78, 5) is 15.7. The lowest BCUT2D eigenvalue weighted by molar-refractivity contribution is -0.0295. The maximum atomic E-state index is 6.28. The van der Waals surface area contributed by atoms with E-state index in [0.29, 0.717) is 24.2 Å². The van der Waals surface area contributed by atoms with Crippen LogP contribution in [0.3, 0.4) is 0 Å². The number of ether oxygens (including phenoxy) is 1. The molecule has 9 heteroatoms. The van der Waals surface area contributed by atoms with Gasteiger partial charge in [0.15, 0.2) is 0 Å². The Morgan fingerprint density at radius 1 is 1.18 bits per heavy atom. The first-order valence-electron chi connectivity index (χ1n) is 11.6. The van der Waals surface area contributed by atoms with Crippen LogP contribution >= 0.6 is 0 Å². The van der Waals surface area contributed by atoms with E-state index in [0.717, 1.165) is 47.3 Å². The summed E-state index contributed by atoms with van der Waals surface area (Å²) >= 11 is 0. The summed E-state index contributed by atoms with van der Waals surface area (Å²) in [7, 11) is 1.97. The van der Waals surface area contributed by atoms with Gasteiger partial charge in [0.2, 0.25) is 5.95 Å². The normalized spacial score (nSPS) is 18.6. The van der Waals surface area contributed by atoms with Gasteiger partial charge in [0.25, 0.3) is 0 Å². The third-order valence-corrected chi connectivity index (χ3v) is 6.56. The third kappa shape index (κ3) is 3.93. The molecule has 1 atom stereocenters. The van der Waals surface area contributed by atoms with Crippen LogP contribution in [0.15, 0.2) is 36.8 Å². The number of nitrogens with zero attached hydrogens (tertiary/aromatic N) is 6. The lowest BCUT2D eigenvalue weighted by atomic mass is 10.1. The SMILES string of the molecule is CN(Cc1ccc2c(c1)ncn2C1CCCCO1)c1ncc(-c2cc(C3CC3)[nH]n2)c(N)n1. The van der Waals surface area contributed by atoms with Gasteiger partial charge >= 0.3 is 0 Å². The number of benzene rings is 1. The second kappa shape index (κ2) is 8.15. The summed E-state index contributed by atoms with van der Waals surface area (Å²) in [6, 6.07) is 8.42. The number of hydrogen-bond acceptors (Lipinski definition) is 7. The summed E-state index contributed by atoms with van der Waals surface area (Å²) in [5.41, 5.74) is 12.2. The Bertz CT molecular complexity index is 1280. The van der Waals surface area contributed by atoms with Crippen LogP contribution in [0, 0.1) is 0 Å². The van der Waals surface area contributed by atoms with Crippen LogP contribution in [-0.2, 0) is 11.3 Å². The number of hydrogen-bond donors (Lipinski definition) is 2. The minimum atomic E-state index is 0.0852. The topological polar surface area (TPSA) is 111 Å². The van der Waals surface area contributed by atoms with Crippen molar-refractivity contribution in [1.29, 1.82) is 0 Å². The summed E-state index contributed by atoms with van der Waals surface area (Å²) in [5, 5.41) is 7.51. The third-order valence-electron chi connectivity index (χ3n) is 6.56. The first-order chi connectivity index (χ1) is 16.2. The van der Waals surface area contributed by atoms with Gasteiger partial charge in [0.1, 0.15) is 12.0 Å². The van der Waals surface area contributed by atoms with Gasteiger partial charge in [-0.2, -0.15) is 10.1 Å². The van der Waals surface area contributed by atoms with E-state index in [1.165, 1.54) is 25.0 Å². The molecule has 3 aromatic heterocycles. The standard InChI is InChI=1S/C24H28N8O/c1-31(24-26-12-17(23(25)28-24)19-11-18(29-30-19)16-6-7-16)13-15-5-8-21-20(10-15)27-14-32(21)22-4-2-3-9-33-22/h5,8,10-12,14,16,22H,2-4,6-7,9,13H2,1H3,(H,29,30)(H2,25,26,28). The molecule has 3 N–H and O–H groups in total. The second-order valence-electron chi connectivity index (χ2n) is 9.10. The van der Waals surface area contributed by atoms with Gasteiger partial charge in [0.05, 0.1) is 28.6 Å². The molecular formula is C24H28N8O. The predicted molar refractivity (Wildman–Crippen MR) is 127 cm³/mol. The van der Waals surface area contributed by atoms with Crippen LogP contribution in [0.2, 0.25) is 0 Å². The number of nitrogens with one attached hydrogen (secondary N) is 1. The van der Waals surface area contributed by atoms with E-state index in [1.807, 2.05) is 18.3 Å². The highest BCUT2D eigenvalue weighted by Gasteiger charge is 2.26. The Labute approximate surface area is 192 Å². The molecule has 1 saturated heterocycles. The molecule has 170 valence electrons. The van der Waals surface area contributed by atoms with Gasteiger partial charge in [-0.05, 0) is 55.9 Å². The molecule has 1 saturated carbocycles. The first-order valence-corrected chi connectivity index (χ1v) is 11.6. The number of anilines is 2. The van der Waals surface area contributed by atoms with E-state index in [4.69, 9.17) is 10.5 Å². The van der Waals surface area contributed by atoms with Crippen LogP contribution in [0.25, 0.3) is 22.3 Å². The lowest BCUT2D eigenvalue weighted by Crippen LogP contribution is -2.20. The van der Waals surface area contributed by atoms with Gasteiger partial charge in [0, 0.05) is 38.0 Å². The van der Waals surface area contributed by atoms with Crippen LogP contribution < -0.4 is 10.6 Å². The van der Waals surface area contributed by atoms with Crippen molar-refractivity contribution >= 4 is 22.8 Å². The van der Waals surface area contributed by atoms with Crippen molar-refractivity contribution in [2.24, 2.45) is 0 Å². The zero-order chi connectivity index (χ0) is 22.4. The molecule has 4 heterocycles. The molecule has 0 bridgehead atoms. The van der Waals surface area contributed by atoms with Crippen molar-refractivity contribution in [3.8, 4) is 11.3 Å². The van der Waals surface area contributed by atoms with Crippen molar-refractivity contribution in [3.63, 3.8) is 0 Å². The number of imidazole rings is 1. The molecule has 6 rings (SSSR count). The minimum absolute atomic E-state index is 0.0852. The zero-order valence-electron chi connectivity index (χ0n) is 18.7. The minimum Gasteiger partial charge on any atom is -0.383 e. The highest BCUT2D eigenvalue weighted by atomic mass is 16.5. The van der Waals surface area contributed by atoms with Crippen molar-refractivity contribution < 1.29 is 4.74 Å². The Balaban J connectivity index is 1.18. The predicted octanol–water partition coefficient (Wildman–Crippen LogP) is 4.01. The molecule has 0 spiro atoms. The van der Waals surface area contributed by atoms with E-state index in [9.17, 15) is 0 Å². The number of H-pyrrole nitrogens is 1. The molecule has 1 aliphatic heterocycles. The van der Waals surface area contributed by atoms with Gasteiger partial charge in [-0.15, -0.1) is 0 Å². The maximum absolute atomic E-state index is 6.28. The fourth-order valence-electron chi connectivity index (χ4n) is 4.54. The molecule has 1 unspecified atom stereocenters. The number of aromatic nitrogens is 6. The summed E-state index contributed by atoms with van der Waals surface area (Å²) in [6.07, 6.45) is 9.53. The Morgan fingerprint density at radius 2 is 2.09 bits per heavy atom. The number of rotatable bonds is 6. The molecule has 0 radical (unpaired) electrons. The van der Waals surface area contributed by atoms with E-state index >= 15 is 0 Å². The molecular weight excluding hydrogens is 416 g/mol. The van der Waals surface area contributed by atoms with Crippen molar-refractivity contribution in [2.75, 3.05) is 24.3 Å². The van der Waals surface area contributed by atoms with Crippen molar-refractivity contribution in [1.82, 2.24) is 29.7 Å². The van der Waals surface area contributed by atoms with Crippen LogP contribution in [0.5, 0.6) is 0 Å². The quantitative estimate of drug-likeness (QED) is 0.462. The summed E-state index contributed by atoms with van der Waals surface area (Å²) < 4.78 is 8.08. The van der Waals surface area contributed by atoms with Gasteiger partial charge in [-0.25, -0.2) is 9.97 Å². The molecule has 1 aliphatic carbocycles. The lowest BCUT2D eigenvalue weighted by Gasteiger charge is -2.24. The fraction of sp³-hybridized carbons (Fsp3) is 0.417. The van der Waals surface area contributed by atoms with Crippen LogP contribution in [-0.4, -0.2) is 43.4 Å². The number of nitrogens with two attached hydrogens (primary N) is 1. The first kappa shape index (κ1) is 20.2. The average molecular weight is 445 g/mol. The molecule has 9 nitrogen and oxygen atoms in total. The summed E-state index contributed by atoms with van der Waals surface area (Å²) in [6.45, 7) is 1.46. The van der Waals surface area contributed by atoms with Gasteiger partial charge in [-0.3, -0.25) is 5.10 Å². The Morgan fingerprint density at radius 3 is 2.88 bits per heavy atom. The molecule has 0 amide bonds.